The highest BCUT2D eigenvalue weighted by Crippen LogP contribution is 2.07. The van der Waals surface area contributed by atoms with Crippen molar-refractivity contribution >= 4 is 10.4 Å². The van der Waals surface area contributed by atoms with E-state index in [-0.39, 0.29) is 0 Å². The third kappa shape index (κ3) is 15.3. The lowest BCUT2D eigenvalue weighted by Crippen LogP contribution is -2.34. The predicted octanol–water partition coefficient (Wildman–Crippen LogP) is 2.20. The lowest BCUT2D eigenvalue weighted by molar-refractivity contribution is 0.228. The molecule has 0 aromatic carbocycles. The molecule has 102 valence electrons. The summed E-state index contributed by atoms with van der Waals surface area (Å²) in [7, 11) is -4.67. The second-order valence-corrected chi connectivity index (χ2v) is 4.35. The van der Waals surface area contributed by atoms with Crippen LogP contribution in [0.3, 0.4) is 0 Å². The van der Waals surface area contributed by atoms with E-state index in [9.17, 15) is 0 Å². The monoisotopic (exact) mass is 265 g/mol. The second kappa shape index (κ2) is 10.5. The van der Waals surface area contributed by atoms with Crippen molar-refractivity contribution in [1.82, 2.24) is 4.90 Å². The van der Waals surface area contributed by atoms with Gasteiger partial charge < -0.3 is 0 Å². The fourth-order valence-corrected chi connectivity index (χ4v) is 1.51. The van der Waals surface area contributed by atoms with Crippen molar-refractivity contribution in [2.24, 2.45) is 0 Å². The maximum atomic E-state index is 8.74. The first-order valence-electron chi connectivity index (χ1n) is 5.45. The Morgan fingerprint density at radius 1 is 1.12 bits per heavy atom. The summed E-state index contributed by atoms with van der Waals surface area (Å²) in [6.45, 7) is 13.9. The van der Waals surface area contributed by atoms with Crippen LogP contribution in [0.1, 0.15) is 26.7 Å². The van der Waals surface area contributed by atoms with Crippen molar-refractivity contribution in [1.29, 1.82) is 0 Å². The van der Waals surface area contributed by atoms with Gasteiger partial charge in [-0.05, 0) is 12.8 Å². The fraction of sp³-hybridized carbons (Fsp3) is 0.636. The molecule has 0 aromatic heterocycles. The zero-order chi connectivity index (χ0) is 13.9. The zero-order valence-electron chi connectivity index (χ0n) is 10.5. The third-order valence-electron chi connectivity index (χ3n) is 2.19. The van der Waals surface area contributed by atoms with Gasteiger partial charge in [0.05, 0.1) is 0 Å². The Bertz CT molecular complexity index is 279. The molecule has 0 fully saturated rings. The van der Waals surface area contributed by atoms with E-state index in [1.807, 2.05) is 12.2 Å². The fourth-order valence-electron chi connectivity index (χ4n) is 1.51. The molecule has 0 rings (SSSR count). The Hall–Kier alpha value is -0.690. The Morgan fingerprint density at radius 3 is 1.59 bits per heavy atom. The van der Waals surface area contributed by atoms with E-state index >= 15 is 0 Å². The van der Waals surface area contributed by atoms with E-state index < -0.39 is 10.4 Å². The summed E-state index contributed by atoms with van der Waals surface area (Å²) >= 11 is 0. The molecule has 0 aliphatic rings. The van der Waals surface area contributed by atoms with E-state index in [0.717, 1.165) is 13.1 Å². The van der Waals surface area contributed by atoms with Gasteiger partial charge in [0.15, 0.2) is 0 Å². The van der Waals surface area contributed by atoms with Crippen molar-refractivity contribution in [3.8, 4) is 0 Å². The van der Waals surface area contributed by atoms with Crippen LogP contribution in [0.5, 0.6) is 0 Å². The molecular formula is C11H23NO4S. The van der Waals surface area contributed by atoms with Crippen LogP contribution in [0.4, 0.5) is 0 Å². The van der Waals surface area contributed by atoms with Crippen LogP contribution in [0, 0.1) is 0 Å². The molecule has 0 bridgehead atoms. The largest absolute Gasteiger partial charge is 0.394 e. The summed E-state index contributed by atoms with van der Waals surface area (Å²) in [5, 5.41) is 0. The van der Waals surface area contributed by atoms with Crippen molar-refractivity contribution < 1.29 is 17.5 Å². The maximum absolute atomic E-state index is 8.74. The molecule has 0 atom stereocenters. The molecule has 0 radical (unpaired) electrons. The van der Waals surface area contributed by atoms with Crippen LogP contribution in [-0.2, 0) is 10.4 Å². The molecule has 0 amide bonds. The highest BCUT2D eigenvalue weighted by molar-refractivity contribution is 7.79. The summed E-state index contributed by atoms with van der Waals surface area (Å²) in [6.07, 6.45) is 6.33. The Kier molecular flexibility index (Phi) is 11.5. The first-order chi connectivity index (χ1) is 7.79. The molecule has 2 N–H and O–H groups in total. The molecule has 0 saturated carbocycles. The quantitative estimate of drug-likeness (QED) is 0.545. The Labute approximate surface area is 104 Å². The number of hydrogen-bond donors (Lipinski definition) is 2. The lowest BCUT2D eigenvalue weighted by atomic mass is 10.1. The Balaban J connectivity index is 0. The van der Waals surface area contributed by atoms with Gasteiger partial charge in [-0.3, -0.25) is 14.0 Å². The normalized spacial score (nSPS) is 10.9. The molecule has 0 spiro atoms. The average Bonchev–Trinajstić information content (AvgIpc) is 2.17. The standard InChI is InChI=1S/C11H21N.H2O4S/c1-5-9-12(10-6-2)11(7-3)8-4;1-5(2,3)4/h5-6,11H,1-2,7-10H2,3-4H3;(H2,1,2,3,4). The van der Waals surface area contributed by atoms with E-state index in [4.69, 9.17) is 17.5 Å². The molecule has 0 aromatic rings. The summed E-state index contributed by atoms with van der Waals surface area (Å²) in [6, 6.07) is 0.681. The van der Waals surface area contributed by atoms with Crippen LogP contribution in [-0.4, -0.2) is 41.6 Å². The van der Waals surface area contributed by atoms with Gasteiger partial charge in [-0.1, -0.05) is 26.0 Å². The lowest BCUT2D eigenvalue weighted by Gasteiger charge is -2.27. The van der Waals surface area contributed by atoms with Crippen molar-refractivity contribution in [2.75, 3.05) is 13.1 Å². The van der Waals surface area contributed by atoms with E-state index in [1.54, 1.807) is 0 Å². The van der Waals surface area contributed by atoms with Crippen molar-refractivity contribution in [3.05, 3.63) is 25.3 Å². The van der Waals surface area contributed by atoms with Crippen LogP contribution < -0.4 is 0 Å². The van der Waals surface area contributed by atoms with Gasteiger partial charge >= 0.3 is 10.4 Å². The van der Waals surface area contributed by atoms with Gasteiger partial charge in [-0.15, -0.1) is 13.2 Å². The first kappa shape index (κ1) is 18.7. The minimum absolute atomic E-state index is 0.681. The molecule has 0 saturated heterocycles. The van der Waals surface area contributed by atoms with Crippen LogP contribution >= 0.6 is 0 Å². The molecule has 6 heteroatoms. The van der Waals surface area contributed by atoms with Gasteiger partial charge in [-0.2, -0.15) is 8.42 Å². The van der Waals surface area contributed by atoms with Crippen LogP contribution in [0.25, 0.3) is 0 Å². The summed E-state index contributed by atoms with van der Waals surface area (Å²) in [5.41, 5.74) is 0. The molecule has 0 heterocycles. The third-order valence-corrected chi connectivity index (χ3v) is 2.19. The van der Waals surface area contributed by atoms with E-state index in [1.165, 1.54) is 12.8 Å². The van der Waals surface area contributed by atoms with Crippen LogP contribution in [0.2, 0.25) is 0 Å². The molecule has 0 aliphatic heterocycles. The Morgan fingerprint density at radius 2 is 1.41 bits per heavy atom. The molecule has 0 aliphatic carbocycles. The van der Waals surface area contributed by atoms with Crippen LogP contribution in [0.15, 0.2) is 25.3 Å². The predicted molar refractivity (Wildman–Crippen MR) is 70.5 cm³/mol. The first-order valence-corrected chi connectivity index (χ1v) is 6.85. The van der Waals surface area contributed by atoms with E-state index in [0.29, 0.717) is 6.04 Å². The van der Waals surface area contributed by atoms with Gasteiger partial charge in [0.2, 0.25) is 0 Å². The van der Waals surface area contributed by atoms with E-state index in [2.05, 4.69) is 31.9 Å². The molecule has 17 heavy (non-hydrogen) atoms. The summed E-state index contributed by atoms with van der Waals surface area (Å²) in [4.78, 5) is 2.40. The smallest absolute Gasteiger partial charge is 0.293 e. The van der Waals surface area contributed by atoms with Gasteiger partial charge in [-0.25, -0.2) is 0 Å². The van der Waals surface area contributed by atoms with Gasteiger partial charge in [0, 0.05) is 19.1 Å². The second-order valence-electron chi connectivity index (χ2n) is 3.45. The number of nitrogens with zero attached hydrogens (tertiary/aromatic N) is 1. The topological polar surface area (TPSA) is 77.8 Å². The average molecular weight is 265 g/mol. The summed E-state index contributed by atoms with van der Waals surface area (Å²) in [5.74, 6) is 0. The number of hydrogen-bond acceptors (Lipinski definition) is 3. The van der Waals surface area contributed by atoms with Gasteiger partial charge in [0.25, 0.3) is 0 Å². The molecular weight excluding hydrogens is 242 g/mol. The minimum Gasteiger partial charge on any atom is -0.293 e. The van der Waals surface area contributed by atoms with Crippen molar-refractivity contribution in [3.63, 3.8) is 0 Å². The molecule has 5 nitrogen and oxygen atoms in total. The van der Waals surface area contributed by atoms with Gasteiger partial charge in [0.1, 0.15) is 0 Å². The maximum Gasteiger partial charge on any atom is 0.394 e. The number of rotatable bonds is 7. The van der Waals surface area contributed by atoms with Crippen molar-refractivity contribution in [2.45, 2.75) is 32.7 Å². The molecule has 0 unspecified atom stereocenters. The minimum atomic E-state index is -4.67. The SMILES string of the molecule is C=CCN(CC=C)C(CC)CC.O=S(=O)(O)O. The zero-order valence-corrected chi connectivity index (χ0v) is 11.4. The summed E-state index contributed by atoms with van der Waals surface area (Å²) < 4.78 is 31.6. The highest BCUT2D eigenvalue weighted by atomic mass is 32.3. The highest BCUT2D eigenvalue weighted by Gasteiger charge is 2.10.